The zero-order chi connectivity index (χ0) is 18.1. The van der Waals surface area contributed by atoms with Crippen molar-refractivity contribution >= 4 is 23.2 Å². The van der Waals surface area contributed by atoms with Gasteiger partial charge in [-0.25, -0.2) is 4.98 Å². The molecule has 0 unspecified atom stereocenters. The molecule has 0 aliphatic carbocycles. The van der Waals surface area contributed by atoms with Crippen LogP contribution in [-0.2, 0) is 11.2 Å². The Morgan fingerprint density at radius 3 is 2.88 bits per heavy atom. The number of hydrogen-bond donors (Lipinski definition) is 0. The third-order valence-electron chi connectivity index (χ3n) is 4.78. The van der Waals surface area contributed by atoms with E-state index < -0.39 is 0 Å². The van der Waals surface area contributed by atoms with E-state index in [1.807, 2.05) is 30.9 Å². The van der Waals surface area contributed by atoms with Crippen LogP contribution in [0.3, 0.4) is 0 Å². The number of anilines is 1. The quantitative estimate of drug-likeness (QED) is 0.711. The number of amides is 1. The lowest BCUT2D eigenvalue weighted by Crippen LogP contribution is -2.36. The number of hydrogen-bond acceptors (Lipinski definition) is 7. The minimum Gasteiger partial charge on any atom is -0.422 e. The Kier molecular flexibility index (Phi) is 4.32. The first-order valence-electron chi connectivity index (χ1n) is 8.78. The fraction of sp³-hybridized carbons (Fsp3) is 0.444. The van der Waals surface area contributed by atoms with Crippen molar-refractivity contribution in [3.05, 3.63) is 35.3 Å². The molecular weight excluding hydrogens is 334 g/mol. The van der Waals surface area contributed by atoms with Gasteiger partial charge in [-0.15, -0.1) is 0 Å². The minimum atomic E-state index is 0.0977. The van der Waals surface area contributed by atoms with E-state index in [1.54, 1.807) is 6.20 Å². The summed E-state index contributed by atoms with van der Waals surface area (Å²) in [5.41, 5.74) is 2.96. The first-order valence-corrected chi connectivity index (χ1v) is 8.78. The molecule has 3 aromatic rings. The molecule has 0 radical (unpaired) electrons. The van der Waals surface area contributed by atoms with Crippen LogP contribution in [-0.4, -0.2) is 52.1 Å². The molecule has 26 heavy (non-hydrogen) atoms. The zero-order valence-corrected chi connectivity index (χ0v) is 14.9. The number of pyridine rings is 1. The second kappa shape index (κ2) is 6.78. The molecule has 0 bridgehead atoms. The second-order valence-electron chi connectivity index (χ2n) is 6.52. The van der Waals surface area contributed by atoms with E-state index in [-0.39, 0.29) is 5.91 Å². The largest absolute Gasteiger partial charge is 0.422 e. The summed E-state index contributed by atoms with van der Waals surface area (Å²) >= 11 is 0. The summed E-state index contributed by atoms with van der Waals surface area (Å²) < 4.78 is 11.0. The molecule has 1 amide bonds. The van der Waals surface area contributed by atoms with Crippen molar-refractivity contribution in [2.45, 2.75) is 26.7 Å². The summed E-state index contributed by atoms with van der Waals surface area (Å²) in [6.45, 7) is 6.53. The number of aromatic nitrogens is 3. The van der Waals surface area contributed by atoms with E-state index in [1.165, 1.54) is 0 Å². The Morgan fingerprint density at radius 1 is 1.23 bits per heavy atom. The van der Waals surface area contributed by atoms with Gasteiger partial charge >= 0.3 is 0 Å². The molecule has 1 fully saturated rings. The highest BCUT2D eigenvalue weighted by Gasteiger charge is 2.24. The molecule has 1 saturated heterocycles. The van der Waals surface area contributed by atoms with Gasteiger partial charge < -0.3 is 18.7 Å². The summed E-state index contributed by atoms with van der Waals surface area (Å²) in [5.74, 6) is 0.812. The molecule has 0 saturated carbocycles. The van der Waals surface area contributed by atoms with Crippen LogP contribution < -0.4 is 4.90 Å². The van der Waals surface area contributed by atoms with Gasteiger partial charge in [-0.1, -0.05) is 5.16 Å². The van der Waals surface area contributed by atoms with Crippen LogP contribution in [0, 0.1) is 13.8 Å². The third kappa shape index (κ3) is 3.14. The molecule has 4 heterocycles. The van der Waals surface area contributed by atoms with Gasteiger partial charge in [-0.3, -0.25) is 4.79 Å². The molecule has 0 N–H and O–H groups in total. The Bertz CT molecular complexity index is 879. The van der Waals surface area contributed by atoms with E-state index >= 15 is 0 Å². The lowest BCUT2D eigenvalue weighted by Gasteiger charge is -2.21. The van der Waals surface area contributed by atoms with Crippen LogP contribution >= 0.6 is 0 Å². The number of aryl methyl sites for hydroxylation is 2. The summed E-state index contributed by atoms with van der Waals surface area (Å²) in [4.78, 5) is 25.3. The van der Waals surface area contributed by atoms with E-state index in [4.69, 9.17) is 8.94 Å². The topological polar surface area (TPSA) is 88.5 Å². The van der Waals surface area contributed by atoms with Crippen LogP contribution in [0.2, 0.25) is 0 Å². The van der Waals surface area contributed by atoms with Gasteiger partial charge in [-0.2, -0.15) is 4.98 Å². The number of carbonyl (C=O) groups is 1. The van der Waals surface area contributed by atoms with Crippen molar-refractivity contribution in [3.63, 3.8) is 0 Å². The van der Waals surface area contributed by atoms with Gasteiger partial charge in [-0.05, 0) is 32.4 Å². The predicted molar refractivity (Wildman–Crippen MR) is 94.9 cm³/mol. The van der Waals surface area contributed by atoms with Gasteiger partial charge in [0.2, 0.25) is 11.6 Å². The fourth-order valence-electron chi connectivity index (χ4n) is 3.27. The SMILES string of the molecule is Cc1noc(C)c1CC(=O)N1CCCN(c2nc3ncccc3o2)CC1. The normalized spacial score (nSPS) is 15.5. The predicted octanol–water partition coefficient (Wildman–Crippen LogP) is 2.11. The third-order valence-corrected chi connectivity index (χ3v) is 4.78. The highest BCUT2D eigenvalue weighted by Crippen LogP contribution is 2.21. The molecule has 136 valence electrons. The minimum absolute atomic E-state index is 0.0977. The lowest BCUT2D eigenvalue weighted by atomic mass is 10.1. The number of nitrogens with zero attached hydrogens (tertiary/aromatic N) is 5. The highest BCUT2D eigenvalue weighted by atomic mass is 16.5. The average molecular weight is 355 g/mol. The fourth-order valence-corrected chi connectivity index (χ4v) is 3.27. The molecule has 8 heteroatoms. The molecule has 8 nitrogen and oxygen atoms in total. The number of oxazole rings is 1. The van der Waals surface area contributed by atoms with E-state index in [0.29, 0.717) is 42.5 Å². The number of carbonyl (C=O) groups excluding carboxylic acids is 1. The van der Waals surface area contributed by atoms with Crippen LogP contribution in [0.4, 0.5) is 6.01 Å². The maximum Gasteiger partial charge on any atom is 0.300 e. The van der Waals surface area contributed by atoms with Crippen LogP contribution in [0.1, 0.15) is 23.4 Å². The van der Waals surface area contributed by atoms with Crippen molar-refractivity contribution in [1.29, 1.82) is 0 Å². The average Bonchev–Trinajstić information content (AvgIpc) is 3.10. The second-order valence-corrected chi connectivity index (χ2v) is 6.52. The molecule has 0 aromatic carbocycles. The van der Waals surface area contributed by atoms with Crippen LogP contribution in [0.25, 0.3) is 11.2 Å². The van der Waals surface area contributed by atoms with E-state index in [0.717, 1.165) is 30.8 Å². The Morgan fingerprint density at radius 2 is 2.12 bits per heavy atom. The number of fused-ring (bicyclic) bond motifs is 1. The van der Waals surface area contributed by atoms with E-state index in [9.17, 15) is 4.79 Å². The Balaban J connectivity index is 1.43. The monoisotopic (exact) mass is 355 g/mol. The van der Waals surface area contributed by atoms with Crippen LogP contribution in [0.5, 0.6) is 0 Å². The van der Waals surface area contributed by atoms with Crippen molar-refractivity contribution in [2.24, 2.45) is 0 Å². The van der Waals surface area contributed by atoms with Crippen molar-refractivity contribution < 1.29 is 13.7 Å². The first kappa shape index (κ1) is 16.6. The molecule has 0 atom stereocenters. The standard InChI is InChI=1S/C18H21N5O3/c1-12-14(13(2)26-21-12)11-16(24)22-7-4-8-23(10-9-22)18-20-17-15(25-18)5-3-6-19-17/h3,5-6H,4,7-11H2,1-2H3. The van der Waals surface area contributed by atoms with Gasteiger partial charge in [0.1, 0.15) is 5.76 Å². The smallest absolute Gasteiger partial charge is 0.300 e. The van der Waals surface area contributed by atoms with Crippen molar-refractivity contribution in [1.82, 2.24) is 20.0 Å². The highest BCUT2D eigenvalue weighted by molar-refractivity contribution is 5.79. The molecule has 1 aliphatic heterocycles. The Labute approximate surface area is 150 Å². The maximum atomic E-state index is 12.7. The van der Waals surface area contributed by atoms with Gasteiger partial charge in [0.15, 0.2) is 5.58 Å². The van der Waals surface area contributed by atoms with Gasteiger partial charge in [0, 0.05) is 37.9 Å². The Hall–Kier alpha value is -2.90. The van der Waals surface area contributed by atoms with Gasteiger partial charge in [0.25, 0.3) is 6.01 Å². The van der Waals surface area contributed by atoms with E-state index in [2.05, 4.69) is 20.0 Å². The lowest BCUT2D eigenvalue weighted by molar-refractivity contribution is -0.130. The molecule has 3 aromatic heterocycles. The summed E-state index contributed by atoms with van der Waals surface area (Å²) in [6.07, 6.45) is 2.89. The zero-order valence-electron chi connectivity index (χ0n) is 14.9. The summed E-state index contributed by atoms with van der Waals surface area (Å²) in [7, 11) is 0. The summed E-state index contributed by atoms with van der Waals surface area (Å²) in [5, 5.41) is 3.92. The maximum absolute atomic E-state index is 12.7. The van der Waals surface area contributed by atoms with Crippen LogP contribution in [0.15, 0.2) is 27.3 Å². The number of rotatable bonds is 3. The van der Waals surface area contributed by atoms with Gasteiger partial charge in [0.05, 0.1) is 12.1 Å². The molecule has 4 rings (SSSR count). The molecular formula is C18H21N5O3. The van der Waals surface area contributed by atoms with Crippen molar-refractivity contribution in [2.75, 3.05) is 31.1 Å². The molecule has 1 aliphatic rings. The first-order chi connectivity index (χ1) is 12.6. The molecule has 0 spiro atoms. The summed E-state index contributed by atoms with van der Waals surface area (Å²) in [6, 6.07) is 4.25. The van der Waals surface area contributed by atoms with Crippen molar-refractivity contribution in [3.8, 4) is 0 Å².